The Morgan fingerprint density at radius 3 is 2.96 bits per heavy atom. The normalized spacial score (nSPS) is 21.4. The van der Waals surface area contributed by atoms with E-state index in [0.717, 1.165) is 24.0 Å². The molecule has 1 aromatic heterocycles. The van der Waals surface area contributed by atoms with Gasteiger partial charge in [-0.3, -0.25) is 4.79 Å². The number of aryl methyl sites for hydroxylation is 1. The average Bonchev–Trinajstić information content (AvgIpc) is 3.17. The molecule has 2 saturated heterocycles. The van der Waals surface area contributed by atoms with Gasteiger partial charge in [-0.15, -0.1) is 0 Å². The van der Waals surface area contributed by atoms with Gasteiger partial charge in [-0.25, -0.2) is 0 Å². The first kappa shape index (κ1) is 14.4. The summed E-state index contributed by atoms with van der Waals surface area (Å²) in [5.74, 6) is 1.44. The molecule has 2 aromatic rings. The summed E-state index contributed by atoms with van der Waals surface area (Å²) in [6.45, 7) is 3.99. The molecule has 120 valence electrons. The quantitative estimate of drug-likeness (QED) is 0.868. The van der Waals surface area contributed by atoms with Gasteiger partial charge in [0.05, 0.1) is 5.92 Å². The molecule has 0 spiro atoms. The number of likely N-dealkylation sites (tertiary alicyclic amines) is 1. The van der Waals surface area contributed by atoms with Crippen molar-refractivity contribution in [1.82, 2.24) is 15.0 Å². The van der Waals surface area contributed by atoms with E-state index >= 15 is 0 Å². The molecule has 2 aliphatic heterocycles. The molecular weight excluding hydrogens is 294 g/mol. The SMILES string of the molecule is Cc1cccc(-c2noc(C3CN(C(=O)C4CCCO4)C3)n2)c1. The van der Waals surface area contributed by atoms with E-state index in [2.05, 4.69) is 10.1 Å². The summed E-state index contributed by atoms with van der Waals surface area (Å²) in [4.78, 5) is 18.5. The van der Waals surface area contributed by atoms with Gasteiger partial charge in [-0.2, -0.15) is 4.98 Å². The highest BCUT2D eigenvalue weighted by Gasteiger charge is 2.39. The van der Waals surface area contributed by atoms with Crippen molar-refractivity contribution < 1.29 is 14.1 Å². The molecule has 2 fully saturated rings. The number of hydrogen-bond acceptors (Lipinski definition) is 5. The third-order valence-corrected chi connectivity index (χ3v) is 4.47. The molecule has 6 heteroatoms. The maximum absolute atomic E-state index is 12.2. The van der Waals surface area contributed by atoms with Gasteiger partial charge in [0, 0.05) is 25.3 Å². The molecule has 0 radical (unpaired) electrons. The van der Waals surface area contributed by atoms with Gasteiger partial charge in [0.15, 0.2) is 0 Å². The minimum atomic E-state index is -0.249. The van der Waals surface area contributed by atoms with E-state index in [0.29, 0.717) is 31.4 Å². The maximum atomic E-state index is 12.2. The Morgan fingerprint density at radius 1 is 1.35 bits per heavy atom. The highest BCUT2D eigenvalue weighted by atomic mass is 16.5. The first-order valence-corrected chi connectivity index (χ1v) is 8.02. The number of amides is 1. The second kappa shape index (κ2) is 5.77. The minimum Gasteiger partial charge on any atom is -0.368 e. The van der Waals surface area contributed by atoms with Crippen LogP contribution in [0.4, 0.5) is 0 Å². The van der Waals surface area contributed by atoms with Gasteiger partial charge in [0.25, 0.3) is 5.91 Å². The largest absolute Gasteiger partial charge is 0.368 e. The molecule has 1 atom stereocenters. The lowest BCUT2D eigenvalue weighted by atomic mass is 9.99. The highest BCUT2D eigenvalue weighted by Crippen LogP contribution is 2.29. The van der Waals surface area contributed by atoms with Crippen LogP contribution in [0.3, 0.4) is 0 Å². The second-order valence-corrected chi connectivity index (χ2v) is 6.27. The Kier molecular flexibility index (Phi) is 3.61. The Morgan fingerprint density at radius 2 is 2.22 bits per heavy atom. The van der Waals surface area contributed by atoms with Crippen molar-refractivity contribution in [3.8, 4) is 11.4 Å². The third kappa shape index (κ3) is 2.74. The van der Waals surface area contributed by atoms with Crippen LogP contribution in [-0.2, 0) is 9.53 Å². The molecule has 1 amide bonds. The molecule has 6 nitrogen and oxygen atoms in total. The van der Waals surface area contributed by atoms with E-state index < -0.39 is 0 Å². The van der Waals surface area contributed by atoms with Crippen LogP contribution >= 0.6 is 0 Å². The number of ether oxygens (including phenoxy) is 1. The van der Waals surface area contributed by atoms with E-state index in [9.17, 15) is 4.79 Å². The molecule has 4 rings (SSSR count). The van der Waals surface area contributed by atoms with Crippen molar-refractivity contribution >= 4 is 5.91 Å². The van der Waals surface area contributed by atoms with Gasteiger partial charge in [-0.05, 0) is 25.8 Å². The predicted octanol–water partition coefficient (Wildman–Crippen LogP) is 2.15. The number of hydrogen-bond donors (Lipinski definition) is 0. The Labute approximate surface area is 134 Å². The number of benzene rings is 1. The molecule has 0 saturated carbocycles. The zero-order chi connectivity index (χ0) is 15.8. The minimum absolute atomic E-state index is 0.0946. The Balaban J connectivity index is 1.40. The Hall–Kier alpha value is -2.21. The molecule has 1 aromatic carbocycles. The van der Waals surface area contributed by atoms with E-state index in [1.54, 1.807) is 0 Å². The number of carbonyl (C=O) groups excluding carboxylic acids is 1. The van der Waals surface area contributed by atoms with Crippen LogP contribution in [0.25, 0.3) is 11.4 Å². The molecule has 23 heavy (non-hydrogen) atoms. The third-order valence-electron chi connectivity index (χ3n) is 4.47. The first-order valence-electron chi connectivity index (χ1n) is 8.02. The van der Waals surface area contributed by atoms with Crippen molar-refractivity contribution in [2.75, 3.05) is 19.7 Å². The molecule has 0 aliphatic carbocycles. The van der Waals surface area contributed by atoms with Gasteiger partial charge in [0.2, 0.25) is 11.7 Å². The van der Waals surface area contributed by atoms with Crippen LogP contribution < -0.4 is 0 Å². The summed E-state index contributed by atoms with van der Waals surface area (Å²) in [5, 5.41) is 4.06. The average molecular weight is 313 g/mol. The summed E-state index contributed by atoms with van der Waals surface area (Å²) < 4.78 is 10.8. The zero-order valence-electron chi connectivity index (χ0n) is 13.1. The lowest BCUT2D eigenvalue weighted by Gasteiger charge is -2.38. The van der Waals surface area contributed by atoms with E-state index in [1.807, 2.05) is 36.1 Å². The predicted molar refractivity (Wildman–Crippen MR) is 82.8 cm³/mol. The van der Waals surface area contributed by atoms with Crippen LogP contribution in [0.2, 0.25) is 0 Å². The van der Waals surface area contributed by atoms with Crippen LogP contribution in [0.5, 0.6) is 0 Å². The fourth-order valence-corrected chi connectivity index (χ4v) is 3.09. The van der Waals surface area contributed by atoms with Crippen molar-refractivity contribution in [2.24, 2.45) is 0 Å². The summed E-state index contributed by atoms with van der Waals surface area (Å²) in [6, 6.07) is 8.01. The summed E-state index contributed by atoms with van der Waals surface area (Å²) in [7, 11) is 0. The van der Waals surface area contributed by atoms with E-state index in [-0.39, 0.29) is 17.9 Å². The first-order chi connectivity index (χ1) is 11.2. The molecule has 0 N–H and O–H groups in total. The summed E-state index contributed by atoms with van der Waals surface area (Å²) >= 11 is 0. The molecule has 2 aliphatic rings. The highest BCUT2D eigenvalue weighted by molar-refractivity contribution is 5.82. The number of aromatic nitrogens is 2. The number of carbonyl (C=O) groups is 1. The molecule has 3 heterocycles. The van der Waals surface area contributed by atoms with Gasteiger partial charge in [-0.1, -0.05) is 28.9 Å². The van der Waals surface area contributed by atoms with Crippen molar-refractivity contribution in [3.05, 3.63) is 35.7 Å². The summed E-state index contributed by atoms with van der Waals surface area (Å²) in [5.41, 5.74) is 2.11. The number of rotatable bonds is 3. The van der Waals surface area contributed by atoms with Crippen LogP contribution in [0.15, 0.2) is 28.8 Å². The number of nitrogens with zero attached hydrogens (tertiary/aromatic N) is 3. The van der Waals surface area contributed by atoms with Crippen molar-refractivity contribution in [3.63, 3.8) is 0 Å². The summed E-state index contributed by atoms with van der Waals surface area (Å²) in [6.07, 6.45) is 1.55. The molecule has 0 bridgehead atoms. The monoisotopic (exact) mass is 313 g/mol. The molecule has 1 unspecified atom stereocenters. The second-order valence-electron chi connectivity index (χ2n) is 6.27. The zero-order valence-corrected chi connectivity index (χ0v) is 13.1. The Bertz CT molecular complexity index is 715. The van der Waals surface area contributed by atoms with Gasteiger partial charge in [0.1, 0.15) is 6.10 Å². The smallest absolute Gasteiger partial charge is 0.251 e. The van der Waals surface area contributed by atoms with Gasteiger partial charge >= 0.3 is 0 Å². The standard InChI is InChI=1S/C17H19N3O3/c1-11-4-2-5-12(8-11)15-18-16(23-19-15)13-9-20(10-13)17(21)14-6-3-7-22-14/h2,4-5,8,13-14H,3,6-7,9-10H2,1H3. The maximum Gasteiger partial charge on any atom is 0.251 e. The molecular formula is C17H19N3O3. The fourth-order valence-electron chi connectivity index (χ4n) is 3.09. The lowest BCUT2D eigenvalue weighted by molar-refractivity contribution is -0.145. The topological polar surface area (TPSA) is 68.5 Å². The van der Waals surface area contributed by atoms with E-state index in [4.69, 9.17) is 9.26 Å². The van der Waals surface area contributed by atoms with E-state index in [1.165, 1.54) is 0 Å². The van der Waals surface area contributed by atoms with Crippen molar-refractivity contribution in [1.29, 1.82) is 0 Å². The van der Waals surface area contributed by atoms with Crippen molar-refractivity contribution in [2.45, 2.75) is 31.8 Å². The van der Waals surface area contributed by atoms with Gasteiger partial charge < -0.3 is 14.2 Å². The van der Waals surface area contributed by atoms with Crippen LogP contribution in [-0.4, -0.2) is 46.7 Å². The van der Waals surface area contributed by atoms with Crippen LogP contribution in [0.1, 0.15) is 30.2 Å². The van der Waals surface area contributed by atoms with Crippen LogP contribution in [0, 0.1) is 6.92 Å². The fraction of sp³-hybridized carbons (Fsp3) is 0.471. The lowest BCUT2D eigenvalue weighted by Crippen LogP contribution is -2.52.